The third-order valence-corrected chi connectivity index (χ3v) is 3.48. The van der Waals surface area contributed by atoms with Crippen LogP contribution in [0.3, 0.4) is 0 Å². The number of nitrogens with two attached hydrogens (primary N) is 1. The van der Waals surface area contributed by atoms with Crippen molar-refractivity contribution in [1.29, 1.82) is 0 Å². The van der Waals surface area contributed by atoms with Gasteiger partial charge in [-0.2, -0.15) is 0 Å². The van der Waals surface area contributed by atoms with Crippen molar-refractivity contribution >= 4 is 0 Å². The van der Waals surface area contributed by atoms with Crippen LogP contribution in [0.2, 0.25) is 0 Å². The molecule has 0 aromatic rings. The molecule has 1 saturated heterocycles. The van der Waals surface area contributed by atoms with Crippen LogP contribution in [0.25, 0.3) is 0 Å². The molecule has 1 rings (SSSR count). The van der Waals surface area contributed by atoms with Crippen molar-refractivity contribution in [1.82, 2.24) is 9.80 Å². The van der Waals surface area contributed by atoms with Crippen LogP contribution in [0.5, 0.6) is 0 Å². The number of nitrogens with zero attached hydrogens (tertiary/aromatic N) is 2. The first kappa shape index (κ1) is 13.9. The smallest absolute Gasteiger partial charge is 0.0167 e. The van der Waals surface area contributed by atoms with Crippen LogP contribution in [0.15, 0.2) is 0 Å². The molecule has 0 radical (unpaired) electrons. The first-order valence-corrected chi connectivity index (χ1v) is 6.74. The summed E-state index contributed by atoms with van der Waals surface area (Å²) >= 11 is 0. The molecule has 0 aliphatic carbocycles. The normalized spacial score (nSPS) is 21.6. The predicted molar refractivity (Wildman–Crippen MR) is 70.6 cm³/mol. The Bertz CT molecular complexity index is 174. The van der Waals surface area contributed by atoms with E-state index in [2.05, 4.69) is 30.8 Å². The number of hydrogen-bond donors (Lipinski definition) is 1. The van der Waals surface area contributed by atoms with Gasteiger partial charge in [0, 0.05) is 19.1 Å². The largest absolute Gasteiger partial charge is 0.327 e. The summed E-state index contributed by atoms with van der Waals surface area (Å²) in [6.45, 7) is 7.05. The molecular formula is C13H29N3. The van der Waals surface area contributed by atoms with Crippen LogP contribution >= 0.6 is 0 Å². The summed E-state index contributed by atoms with van der Waals surface area (Å²) in [5.41, 5.74) is 6.08. The minimum absolute atomic E-state index is 0.385. The molecule has 96 valence electrons. The van der Waals surface area contributed by atoms with Gasteiger partial charge in [0.1, 0.15) is 0 Å². The van der Waals surface area contributed by atoms with Crippen LogP contribution < -0.4 is 5.73 Å². The molecule has 1 atom stereocenters. The van der Waals surface area contributed by atoms with Crippen LogP contribution in [-0.2, 0) is 0 Å². The second kappa shape index (κ2) is 7.25. The average Bonchev–Trinajstić information content (AvgIpc) is 2.20. The van der Waals surface area contributed by atoms with Gasteiger partial charge in [0.25, 0.3) is 0 Å². The molecule has 3 heteroatoms. The van der Waals surface area contributed by atoms with Gasteiger partial charge in [0.15, 0.2) is 0 Å². The predicted octanol–water partition coefficient (Wildman–Crippen LogP) is 1.39. The zero-order valence-corrected chi connectivity index (χ0v) is 11.3. The SMILES string of the molecule is CCCC(N)CN1CCC(CN(C)C)CC1. The van der Waals surface area contributed by atoms with Gasteiger partial charge < -0.3 is 15.5 Å². The van der Waals surface area contributed by atoms with E-state index >= 15 is 0 Å². The van der Waals surface area contributed by atoms with Gasteiger partial charge in [-0.25, -0.2) is 0 Å². The van der Waals surface area contributed by atoms with E-state index in [4.69, 9.17) is 5.73 Å². The summed E-state index contributed by atoms with van der Waals surface area (Å²) in [4.78, 5) is 4.86. The molecule has 1 fully saturated rings. The number of piperidine rings is 1. The Labute approximate surface area is 101 Å². The van der Waals surface area contributed by atoms with Crippen LogP contribution in [0.1, 0.15) is 32.6 Å². The van der Waals surface area contributed by atoms with Crippen LogP contribution in [0, 0.1) is 5.92 Å². The molecule has 0 aromatic carbocycles. The lowest BCUT2D eigenvalue weighted by Crippen LogP contribution is -2.43. The summed E-state index contributed by atoms with van der Waals surface area (Å²) in [6.07, 6.45) is 5.06. The summed E-state index contributed by atoms with van der Waals surface area (Å²) in [6, 6.07) is 0.385. The fourth-order valence-electron chi connectivity index (χ4n) is 2.66. The highest BCUT2D eigenvalue weighted by Gasteiger charge is 2.20. The van der Waals surface area contributed by atoms with E-state index in [1.165, 1.54) is 38.9 Å². The Morgan fingerprint density at radius 1 is 1.31 bits per heavy atom. The van der Waals surface area contributed by atoms with Gasteiger partial charge >= 0.3 is 0 Å². The third kappa shape index (κ3) is 5.28. The molecule has 1 aliphatic rings. The van der Waals surface area contributed by atoms with E-state index < -0.39 is 0 Å². The zero-order chi connectivity index (χ0) is 12.0. The van der Waals surface area contributed by atoms with E-state index in [0.717, 1.165) is 18.9 Å². The van der Waals surface area contributed by atoms with Crippen LogP contribution in [-0.4, -0.2) is 56.1 Å². The lowest BCUT2D eigenvalue weighted by atomic mass is 9.96. The first-order valence-electron chi connectivity index (χ1n) is 6.74. The second-order valence-corrected chi connectivity index (χ2v) is 5.55. The monoisotopic (exact) mass is 227 g/mol. The van der Waals surface area contributed by atoms with Crippen molar-refractivity contribution in [2.24, 2.45) is 11.7 Å². The molecule has 1 aliphatic heterocycles. The highest BCUT2D eigenvalue weighted by molar-refractivity contribution is 4.76. The summed E-state index contributed by atoms with van der Waals surface area (Å²) in [5.74, 6) is 0.897. The van der Waals surface area contributed by atoms with Crippen molar-refractivity contribution in [3.05, 3.63) is 0 Å². The quantitative estimate of drug-likeness (QED) is 0.744. The van der Waals surface area contributed by atoms with E-state index in [1.807, 2.05) is 0 Å². The first-order chi connectivity index (χ1) is 7.61. The molecule has 1 unspecified atom stereocenters. The van der Waals surface area contributed by atoms with Crippen molar-refractivity contribution in [2.75, 3.05) is 40.3 Å². The van der Waals surface area contributed by atoms with Crippen molar-refractivity contribution in [3.63, 3.8) is 0 Å². The fourth-order valence-corrected chi connectivity index (χ4v) is 2.66. The second-order valence-electron chi connectivity index (χ2n) is 5.55. The van der Waals surface area contributed by atoms with Gasteiger partial charge in [0.2, 0.25) is 0 Å². The van der Waals surface area contributed by atoms with Gasteiger partial charge in [-0.3, -0.25) is 0 Å². The fraction of sp³-hybridized carbons (Fsp3) is 1.00. The minimum atomic E-state index is 0.385. The molecule has 1 heterocycles. The standard InChI is InChI=1S/C13H29N3/c1-4-5-13(14)11-16-8-6-12(7-9-16)10-15(2)3/h12-13H,4-11,14H2,1-3H3. The summed E-state index contributed by atoms with van der Waals surface area (Å²) in [5, 5.41) is 0. The Hall–Kier alpha value is -0.120. The molecule has 0 spiro atoms. The highest BCUT2D eigenvalue weighted by atomic mass is 15.1. The lowest BCUT2D eigenvalue weighted by molar-refractivity contribution is 0.154. The van der Waals surface area contributed by atoms with Gasteiger partial charge in [-0.1, -0.05) is 13.3 Å². The van der Waals surface area contributed by atoms with Crippen LogP contribution in [0.4, 0.5) is 0 Å². The van der Waals surface area contributed by atoms with Crippen molar-refractivity contribution < 1.29 is 0 Å². The van der Waals surface area contributed by atoms with E-state index in [9.17, 15) is 0 Å². The van der Waals surface area contributed by atoms with E-state index in [0.29, 0.717) is 6.04 Å². The Kier molecular flexibility index (Phi) is 6.32. The number of likely N-dealkylation sites (tertiary alicyclic amines) is 1. The van der Waals surface area contributed by atoms with Gasteiger partial charge in [-0.15, -0.1) is 0 Å². The molecule has 16 heavy (non-hydrogen) atoms. The van der Waals surface area contributed by atoms with Crippen molar-refractivity contribution in [2.45, 2.75) is 38.6 Å². The number of rotatable bonds is 6. The molecule has 2 N–H and O–H groups in total. The Balaban J connectivity index is 2.16. The zero-order valence-electron chi connectivity index (χ0n) is 11.3. The maximum Gasteiger partial charge on any atom is 0.0167 e. The molecule has 0 amide bonds. The molecule has 0 bridgehead atoms. The lowest BCUT2D eigenvalue weighted by Gasteiger charge is -2.34. The van der Waals surface area contributed by atoms with Gasteiger partial charge in [-0.05, 0) is 52.4 Å². The Morgan fingerprint density at radius 3 is 2.44 bits per heavy atom. The third-order valence-electron chi connectivity index (χ3n) is 3.48. The Morgan fingerprint density at radius 2 is 1.94 bits per heavy atom. The summed E-state index contributed by atoms with van der Waals surface area (Å²) < 4.78 is 0. The average molecular weight is 227 g/mol. The molecule has 0 saturated carbocycles. The van der Waals surface area contributed by atoms with Gasteiger partial charge in [0.05, 0.1) is 0 Å². The summed E-state index contributed by atoms with van der Waals surface area (Å²) in [7, 11) is 4.34. The molecule has 0 aromatic heterocycles. The van der Waals surface area contributed by atoms with E-state index in [1.54, 1.807) is 0 Å². The van der Waals surface area contributed by atoms with E-state index in [-0.39, 0.29) is 0 Å². The minimum Gasteiger partial charge on any atom is -0.327 e. The van der Waals surface area contributed by atoms with Crippen molar-refractivity contribution in [3.8, 4) is 0 Å². The molecular weight excluding hydrogens is 198 g/mol. The highest BCUT2D eigenvalue weighted by Crippen LogP contribution is 2.17. The maximum atomic E-state index is 6.08. The number of hydrogen-bond acceptors (Lipinski definition) is 3. The maximum absolute atomic E-state index is 6.08. The topological polar surface area (TPSA) is 32.5 Å². The molecule has 3 nitrogen and oxygen atoms in total.